The zero-order chi connectivity index (χ0) is 17.4. The highest BCUT2D eigenvalue weighted by Gasteiger charge is 2.07. The van der Waals surface area contributed by atoms with Crippen LogP contribution in [-0.4, -0.2) is 18.4 Å². The van der Waals surface area contributed by atoms with Gasteiger partial charge >= 0.3 is 0 Å². The molecule has 24 heavy (non-hydrogen) atoms. The highest BCUT2D eigenvalue weighted by Crippen LogP contribution is 2.25. The predicted molar refractivity (Wildman–Crippen MR) is 97.9 cm³/mol. The molecule has 0 saturated heterocycles. The highest BCUT2D eigenvalue weighted by atomic mass is 35.5. The fraction of sp³-hybridized carbons (Fsp3) is 0.111. The number of amides is 2. The Hall–Kier alpha value is -2.63. The summed E-state index contributed by atoms with van der Waals surface area (Å²) in [6, 6.07) is 14.4. The van der Waals surface area contributed by atoms with Crippen LogP contribution in [-0.2, 0) is 9.59 Å². The van der Waals surface area contributed by atoms with Gasteiger partial charge in [-0.3, -0.25) is 9.59 Å². The first-order valence-electron chi connectivity index (χ1n) is 7.42. The van der Waals surface area contributed by atoms with E-state index in [9.17, 15) is 9.59 Å². The van der Waals surface area contributed by atoms with Crippen LogP contribution >= 0.6 is 11.6 Å². The minimum Gasteiger partial charge on any atom is -0.330 e. The van der Waals surface area contributed by atoms with Gasteiger partial charge in [-0.25, -0.2) is 0 Å². The molecule has 2 aromatic rings. The normalized spacial score (nSPS) is 10.6. The molecule has 0 fully saturated rings. The van der Waals surface area contributed by atoms with E-state index in [0.717, 1.165) is 5.56 Å². The van der Waals surface area contributed by atoms with Gasteiger partial charge in [0.25, 0.3) is 0 Å². The summed E-state index contributed by atoms with van der Waals surface area (Å²) in [5, 5.41) is 5.77. The Morgan fingerprint density at radius 2 is 1.83 bits per heavy atom. The van der Waals surface area contributed by atoms with Crippen LogP contribution < -0.4 is 16.4 Å². The van der Waals surface area contributed by atoms with Crippen molar-refractivity contribution in [2.75, 3.05) is 17.2 Å². The second-order valence-corrected chi connectivity index (χ2v) is 5.42. The van der Waals surface area contributed by atoms with Crippen LogP contribution in [0.15, 0.2) is 54.6 Å². The molecule has 0 aliphatic heterocycles. The van der Waals surface area contributed by atoms with Crippen molar-refractivity contribution in [3.05, 3.63) is 65.2 Å². The van der Waals surface area contributed by atoms with E-state index in [1.54, 1.807) is 24.3 Å². The molecule has 0 heterocycles. The van der Waals surface area contributed by atoms with Crippen molar-refractivity contribution in [1.29, 1.82) is 0 Å². The molecular weight excluding hydrogens is 326 g/mol. The molecule has 0 bridgehead atoms. The third-order valence-electron chi connectivity index (χ3n) is 3.11. The van der Waals surface area contributed by atoms with Crippen LogP contribution in [0.4, 0.5) is 11.4 Å². The molecule has 0 aliphatic rings. The summed E-state index contributed by atoms with van der Waals surface area (Å²) in [4.78, 5) is 23.6. The van der Waals surface area contributed by atoms with Crippen LogP contribution in [0.3, 0.4) is 0 Å². The van der Waals surface area contributed by atoms with Gasteiger partial charge < -0.3 is 16.4 Å². The van der Waals surface area contributed by atoms with E-state index in [0.29, 0.717) is 16.4 Å². The van der Waals surface area contributed by atoms with Crippen molar-refractivity contribution < 1.29 is 9.59 Å². The van der Waals surface area contributed by atoms with Crippen molar-refractivity contribution in [2.24, 2.45) is 5.73 Å². The molecule has 0 radical (unpaired) electrons. The van der Waals surface area contributed by atoms with Crippen molar-refractivity contribution in [3.63, 3.8) is 0 Å². The zero-order valence-electron chi connectivity index (χ0n) is 13.0. The quantitative estimate of drug-likeness (QED) is 0.704. The molecule has 0 spiro atoms. The van der Waals surface area contributed by atoms with E-state index in [1.165, 1.54) is 6.08 Å². The van der Waals surface area contributed by atoms with Crippen LogP contribution in [0.2, 0.25) is 5.02 Å². The number of hydrogen-bond donors (Lipinski definition) is 3. The number of carbonyl (C=O) groups is 2. The summed E-state index contributed by atoms with van der Waals surface area (Å²) < 4.78 is 0. The van der Waals surface area contributed by atoms with E-state index in [-0.39, 0.29) is 24.8 Å². The maximum Gasteiger partial charge on any atom is 0.248 e. The number of rotatable bonds is 6. The molecule has 0 unspecified atom stereocenters. The molecule has 0 saturated carbocycles. The molecule has 4 N–H and O–H groups in total. The summed E-state index contributed by atoms with van der Waals surface area (Å²) in [5.74, 6) is -0.507. The maximum absolute atomic E-state index is 12.0. The van der Waals surface area contributed by atoms with Gasteiger partial charge in [0, 0.05) is 24.7 Å². The Balaban J connectivity index is 2.03. The van der Waals surface area contributed by atoms with E-state index in [4.69, 9.17) is 17.3 Å². The lowest BCUT2D eigenvalue weighted by atomic mass is 10.2. The predicted octanol–water partition coefficient (Wildman–Crippen LogP) is 3.28. The van der Waals surface area contributed by atoms with Crippen LogP contribution in [0.5, 0.6) is 0 Å². The number of carbonyl (C=O) groups excluding carboxylic acids is 2. The zero-order valence-corrected chi connectivity index (χ0v) is 13.7. The minimum atomic E-state index is -0.277. The van der Waals surface area contributed by atoms with E-state index in [2.05, 4.69) is 10.6 Å². The second-order valence-electron chi connectivity index (χ2n) is 5.01. The van der Waals surface area contributed by atoms with E-state index >= 15 is 0 Å². The van der Waals surface area contributed by atoms with Gasteiger partial charge in [0.05, 0.1) is 10.7 Å². The number of anilines is 2. The summed E-state index contributed by atoms with van der Waals surface area (Å²) in [6.07, 6.45) is 3.36. The number of nitrogens with one attached hydrogen (secondary N) is 2. The Morgan fingerprint density at radius 1 is 1.08 bits per heavy atom. The lowest BCUT2D eigenvalue weighted by Gasteiger charge is -2.09. The molecule has 2 rings (SSSR count). The fourth-order valence-corrected chi connectivity index (χ4v) is 2.13. The third-order valence-corrected chi connectivity index (χ3v) is 3.44. The summed E-state index contributed by atoms with van der Waals surface area (Å²) in [6.45, 7) is 0.254. The highest BCUT2D eigenvalue weighted by molar-refractivity contribution is 6.33. The van der Waals surface area contributed by atoms with Crippen molar-refractivity contribution in [1.82, 2.24) is 0 Å². The first-order valence-corrected chi connectivity index (χ1v) is 7.80. The van der Waals surface area contributed by atoms with Gasteiger partial charge in [-0.05, 0) is 29.8 Å². The average molecular weight is 344 g/mol. The Kier molecular flexibility index (Phi) is 6.54. The number of benzene rings is 2. The van der Waals surface area contributed by atoms with Crippen molar-refractivity contribution >= 4 is 40.9 Å². The monoisotopic (exact) mass is 343 g/mol. The Morgan fingerprint density at radius 3 is 2.54 bits per heavy atom. The van der Waals surface area contributed by atoms with Crippen molar-refractivity contribution in [2.45, 2.75) is 6.42 Å². The first kappa shape index (κ1) is 17.7. The Labute approximate surface area is 145 Å². The lowest BCUT2D eigenvalue weighted by molar-refractivity contribution is -0.116. The SMILES string of the molecule is NCCC(=O)Nc1cc(NC(=O)/C=C/c2ccccc2)ccc1Cl. The molecule has 5 nitrogen and oxygen atoms in total. The molecule has 6 heteroatoms. The molecule has 0 aliphatic carbocycles. The van der Waals surface area contributed by atoms with Crippen LogP contribution in [0.25, 0.3) is 6.08 Å². The lowest BCUT2D eigenvalue weighted by Crippen LogP contribution is -2.16. The van der Waals surface area contributed by atoms with Crippen LogP contribution in [0, 0.1) is 0 Å². The van der Waals surface area contributed by atoms with E-state index < -0.39 is 0 Å². The largest absolute Gasteiger partial charge is 0.330 e. The maximum atomic E-state index is 12.0. The number of nitrogens with two attached hydrogens (primary N) is 1. The molecular formula is C18H18ClN3O2. The third kappa shape index (κ3) is 5.53. The molecule has 2 aromatic carbocycles. The first-order chi connectivity index (χ1) is 11.6. The van der Waals surface area contributed by atoms with Gasteiger partial charge in [-0.2, -0.15) is 0 Å². The van der Waals surface area contributed by atoms with Gasteiger partial charge in [0.1, 0.15) is 0 Å². The van der Waals surface area contributed by atoms with Crippen molar-refractivity contribution in [3.8, 4) is 0 Å². The van der Waals surface area contributed by atoms with E-state index in [1.807, 2.05) is 30.3 Å². The van der Waals surface area contributed by atoms with Gasteiger partial charge in [0.15, 0.2) is 0 Å². The van der Waals surface area contributed by atoms with Gasteiger partial charge in [-0.1, -0.05) is 41.9 Å². The van der Waals surface area contributed by atoms with Gasteiger partial charge in [-0.15, -0.1) is 0 Å². The molecule has 0 aromatic heterocycles. The van der Waals surface area contributed by atoms with Crippen LogP contribution in [0.1, 0.15) is 12.0 Å². The van der Waals surface area contributed by atoms with Gasteiger partial charge in [0.2, 0.25) is 11.8 Å². The summed E-state index contributed by atoms with van der Waals surface area (Å²) in [5.41, 5.74) is 7.23. The molecule has 124 valence electrons. The summed E-state index contributed by atoms with van der Waals surface area (Å²) >= 11 is 6.05. The molecule has 0 atom stereocenters. The second kappa shape index (κ2) is 8.86. The standard InChI is InChI=1S/C18H18ClN3O2/c19-15-8-7-14(12-16(15)22-18(24)10-11-20)21-17(23)9-6-13-4-2-1-3-5-13/h1-9,12H,10-11,20H2,(H,21,23)(H,22,24)/b9-6+. The topological polar surface area (TPSA) is 84.2 Å². The smallest absolute Gasteiger partial charge is 0.248 e. The summed E-state index contributed by atoms with van der Waals surface area (Å²) in [7, 11) is 0. The number of hydrogen-bond acceptors (Lipinski definition) is 3. The fourth-order valence-electron chi connectivity index (χ4n) is 1.96. The number of halogens is 1. The average Bonchev–Trinajstić information content (AvgIpc) is 2.57. The minimum absolute atomic E-state index is 0.201. The Bertz CT molecular complexity index is 745. The molecule has 2 amide bonds.